The minimum atomic E-state index is -0.606. The first-order valence-corrected chi connectivity index (χ1v) is 8.14. The highest BCUT2D eigenvalue weighted by Crippen LogP contribution is 2.17. The molecule has 3 aromatic rings. The van der Waals surface area contributed by atoms with Crippen LogP contribution in [0.15, 0.2) is 53.6 Å². The number of fused-ring (bicyclic) bond motifs is 1. The van der Waals surface area contributed by atoms with Gasteiger partial charge in [0.2, 0.25) is 11.8 Å². The second-order valence-electron chi connectivity index (χ2n) is 5.95. The number of rotatable bonds is 5. The van der Waals surface area contributed by atoms with Gasteiger partial charge in [-0.05, 0) is 24.3 Å². The van der Waals surface area contributed by atoms with E-state index in [1.165, 1.54) is 25.4 Å². The van der Waals surface area contributed by atoms with Crippen molar-refractivity contribution in [2.75, 3.05) is 10.6 Å². The number of amides is 2. The Balaban J connectivity index is 1.81. The Hall–Kier alpha value is -4.08. The van der Waals surface area contributed by atoms with Gasteiger partial charge < -0.3 is 10.6 Å². The van der Waals surface area contributed by atoms with Crippen molar-refractivity contribution in [3.05, 3.63) is 69.3 Å². The van der Waals surface area contributed by atoms with Crippen LogP contribution in [0.5, 0.6) is 0 Å². The predicted molar refractivity (Wildman–Crippen MR) is 102 cm³/mol. The minimum Gasteiger partial charge on any atom is -0.326 e. The lowest BCUT2D eigenvalue weighted by molar-refractivity contribution is -0.384. The number of nitrogens with zero attached hydrogens (tertiary/aromatic N) is 3. The average Bonchev–Trinajstić information content (AvgIpc) is 2.63. The van der Waals surface area contributed by atoms with Crippen LogP contribution in [0.25, 0.3) is 10.9 Å². The zero-order chi connectivity index (χ0) is 20.3. The summed E-state index contributed by atoms with van der Waals surface area (Å²) in [6, 6.07) is 10.3. The number of benzene rings is 2. The fraction of sp³-hybridized carbons (Fsp3) is 0.111. The summed E-state index contributed by atoms with van der Waals surface area (Å²) in [5.74, 6) is -0.736. The lowest BCUT2D eigenvalue weighted by Gasteiger charge is -2.09. The number of aromatic nitrogens is 2. The number of nitro benzene ring substituents is 1. The average molecular weight is 381 g/mol. The third-order valence-electron chi connectivity index (χ3n) is 3.80. The lowest BCUT2D eigenvalue weighted by atomic mass is 10.2. The van der Waals surface area contributed by atoms with Gasteiger partial charge in [0.15, 0.2) is 0 Å². The van der Waals surface area contributed by atoms with E-state index in [4.69, 9.17) is 0 Å². The van der Waals surface area contributed by atoms with Gasteiger partial charge in [-0.25, -0.2) is 4.98 Å². The maximum absolute atomic E-state index is 12.5. The Morgan fingerprint density at radius 1 is 1.14 bits per heavy atom. The summed E-state index contributed by atoms with van der Waals surface area (Å²) in [7, 11) is 0. The summed E-state index contributed by atoms with van der Waals surface area (Å²) < 4.78 is 1.07. The van der Waals surface area contributed by atoms with Gasteiger partial charge in [0, 0.05) is 30.4 Å². The molecule has 1 aromatic heterocycles. The van der Waals surface area contributed by atoms with E-state index < -0.39 is 16.4 Å². The Labute approximate surface area is 158 Å². The summed E-state index contributed by atoms with van der Waals surface area (Å²) in [5.41, 5.74) is 0.463. The van der Waals surface area contributed by atoms with Crippen molar-refractivity contribution in [3.63, 3.8) is 0 Å². The summed E-state index contributed by atoms with van der Waals surface area (Å²) in [5, 5.41) is 16.2. The van der Waals surface area contributed by atoms with Crippen LogP contribution in [0.2, 0.25) is 0 Å². The van der Waals surface area contributed by atoms with Crippen LogP contribution in [-0.4, -0.2) is 26.3 Å². The van der Waals surface area contributed by atoms with E-state index in [9.17, 15) is 24.5 Å². The quantitative estimate of drug-likeness (QED) is 0.512. The van der Waals surface area contributed by atoms with Gasteiger partial charge in [0.05, 0.1) is 22.2 Å². The molecule has 28 heavy (non-hydrogen) atoms. The molecule has 0 saturated heterocycles. The molecule has 0 spiro atoms. The van der Waals surface area contributed by atoms with Crippen LogP contribution in [0.3, 0.4) is 0 Å². The molecule has 0 fully saturated rings. The van der Waals surface area contributed by atoms with E-state index in [1.807, 2.05) is 0 Å². The molecule has 0 radical (unpaired) electrons. The van der Waals surface area contributed by atoms with Crippen molar-refractivity contribution in [1.82, 2.24) is 9.55 Å². The topological polar surface area (TPSA) is 136 Å². The molecule has 3 rings (SSSR count). The van der Waals surface area contributed by atoms with Gasteiger partial charge in [-0.1, -0.05) is 6.07 Å². The van der Waals surface area contributed by atoms with E-state index >= 15 is 0 Å². The summed E-state index contributed by atoms with van der Waals surface area (Å²) in [6.07, 6.45) is 1.21. The highest BCUT2D eigenvalue weighted by molar-refractivity contribution is 5.93. The van der Waals surface area contributed by atoms with Crippen LogP contribution >= 0.6 is 0 Å². The molecule has 0 saturated carbocycles. The predicted octanol–water partition coefficient (Wildman–Crippen LogP) is 1.90. The molecule has 0 aliphatic heterocycles. The van der Waals surface area contributed by atoms with Crippen molar-refractivity contribution in [2.24, 2.45) is 0 Å². The van der Waals surface area contributed by atoms with Gasteiger partial charge in [-0.15, -0.1) is 0 Å². The Morgan fingerprint density at radius 3 is 2.54 bits per heavy atom. The number of non-ortho nitro benzene ring substituents is 1. The molecule has 2 aromatic carbocycles. The number of anilines is 2. The van der Waals surface area contributed by atoms with Crippen LogP contribution in [0.1, 0.15) is 6.92 Å². The summed E-state index contributed by atoms with van der Waals surface area (Å²) in [6.45, 7) is 1.05. The van der Waals surface area contributed by atoms with E-state index in [1.54, 1.807) is 24.3 Å². The van der Waals surface area contributed by atoms with Crippen LogP contribution in [0.4, 0.5) is 17.1 Å². The third-order valence-corrected chi connectivity index (χ3v) is 3.80. The highest BCUT2D eigenvalue weighted by Gasteiger charge is 2.13. The molecule has 10 nitrogen and oxygen atoms in total. The second kappa shape index (κ2) is 7.66. The Morgan fingerprint density at radius 2 is 1.86 bits per heavy atom. The van der Waals surface area contributed by atoms with Crippen LogP contribution in [0, 0.1) is 10.1 Å². The van der Waals surface area contributed by atoms with Gasteiger partial charge in [0.25, 0.3) is 11.2 Å². The Kier molecular flexibility index (Phi) is 5.12. The van der Waals surface area contributed by atoms with Gasteiger partial charge in [0.1, 0.15) is 6.54 Å². The van der Waals surface area contributed by atoms with Crippen molar-refractivity contribution in [1.29, 1.82) is 0 Å². The standard InChI is InChI=1S/C18H15N5O5/c1-11(24)20-12-3-2-4-13(7-12)21-17(25)9-22-10-19-16-6-5-14(23(27)28)8-15(16)18(22)26/h2-8,10H,9H2,1H3,(H,20,24)(H,21,25). The number of nitrogens with one attached hydrogen (secondary N) is 2. The van der Waals surface area contributed by atoms with E-state index in [0.29, 0.717) is 16.9 Å². The monoisotopic (exact) mass is 381 g/mol. The van der Waals surface area contributed by atoms with E-state index in [0.717, 1.165) is 10.6 Å². The largest absolute Gasteiger partial charge is 0.326 e. The minimum absolute atomic E-state index is 0.0529. The zero-order valence-electron chi connectivity index (χ0n) is 14.7. The smallest absolute Gasteiger partial charge is 0.270 e. The van der Waals surface area contributed by atoms with Gasteiger partial charge in [-0.3, -0.25) is 29.1 Å². The van der Waals surface area contributed by atoms with Crippen LogP contribution in [-0.2, 0) is 16.1 Å². The zero-order valence-corrected chi connectivity index (χ0v) is 14.7. The first kappa shape index (κ1) is 18.7. The Bertz CT molecular complexity index is 1150. The fourth-order valence-corrected chi connectivity index (χ4v) is 2.61. The van der Waals surface area contributed by atoms with E-state index in [-0.39, 0.29) is 23.5 Å². The molecule has 2 amide bonds. The SMILES string of the molecule is CC(=O)Nc1cccc(NC(=O)Cn2cnc3ccc([N+](=O)[O-])cc3c2=O)c1. The van der Waals surface area contributed by atoms with Crippen LogP contribution < -0.4 is 16.2 Å². The molecule has 10 heteroatoms. The van der Waals surface area contributed by atoms with Crippen molar-refractivity contribution in [3.8, 4) is 0 Å². The number of carbonyl (C=O) groups is 2. The summed E-state index contributed by atoms with van der Waals surface area (Å²) >= 11 is 0. The van der Waals surface area contributed by atoms with Crippen molar-refractivity contribution >= 4 is 39.8 Å². The maximum Gasteiger partial charge on any atom is 0.270 e. The lowest BCUT2D eigenvalue weighted by Crippen LogP contribution is -2.28. The van der Waals surface area contributed by atoms with E-state index in [2.05, 4.69) is 15.6 Å². The molecule has 0 atom stereocenters. The molecule has 0 aliphatic rings. The molecular formula is C18H15N5O5. The molecule has 0 unspecified atom stereocenters. The van der Waals surface area contributed by atoms with Gasteiger partial charge >= 0.3 is 0 Å². The molecular weight excluding hydrogens is 366 g/mol. The maximum atomic E-state index is 12.5. The number of nitro groups is 1. The molecule has 0 bridgehead atoms. The van der Waals surface area contributed by atoms with Gasteiger partial charge in [-0.2, -0.15) is 0 Å². The molecule has 142 valence electrons. The first-order valence-electron chi connectivity index (χ1n) is 8.14. The molecule has 0 aliphatic carbocycles. The number of hydrogen-bond donors (Lipinski definition) is 2. The van der Waals surface area contributed by atoms with Crippen molar-refractivity contribution < 1.29 is 14.5 Å². The fourth-order valence-electron chi connectivity index (χ4n) is 2.61. The first-order chi connectivity index (χ1) is 13.3. The molecule has 2 N–H and O–H groups in total. The van der Waals surface area contributed by atoms with Crippen molar-refractivity contribution in [2.45, 2.75) is 13.5 Å². The highest BCUT2D eigenvalue weighted by atomic mass is 16.6. The second-order valence-corrected chi connectivity index (χ2v) is 5.95. The normalized spacial score (nSPS) is 10.5. The number of carbonyl (C=O) groups excluding carboxylic acids is 2. The molecule has 1 heterocycles. The summed E-state index contributed by atoms with van der Waals surface area (Å²) in [4.78, 5) is 50.3. The number of hydrogen-bond acceptors (Lipinski definition) is 6. The third kappa shape index (κ3) is 4.18.